The van der Waals surface area contributed by atoms with E-state index in [9.17, 15) is 22.8 Å². The van der Waals surface area contributed by atoms with Gasteiger partial charge >= 0.3 is 6.18 Å². The number of carbonyl (C=O) groups excluding carboxylic acids is 2. The standard InChI is InChI=1S/C25H18F3N3O2/c26-25(27,28)20-8-3-4-9-21(20)31(23(33)15-22(32)24-29-12-5-13-30-24)16-17-10-11-18-6-1-2-7-19(18)14-17/h1-14H,15-16H2. The second-order valence-corrected chi connectivity index (χ2v) is 7.35. The molecule has 1 aromatic heterocycles. The fourth-order valence-corrected chi connectivity index (χ4v) is 3.53. The zero-order chi connectivity index (χ0) is 23.4. The Balaban J connectivity index is 1.72. The van der Waals surface area contributed by atoms with Crippen LogP contribution in [0, 0.1) is 0 Å². The summed E-state index contributed by atoms with van der Waals surface area (Å²) in [5.74, 6) is -1.62. The molecule has 8 heteroatoms. The van der Waals surface area contributed by atoms with Gasteiger partial charge in [0.25, 0.3) is 0 Å². The number of para-hydroxylation sites is 1. The molecule has 1 heterocycles. The average Bonchev–Trinajstić information content (AvgIpc) is 2.82. The van der Waals surface area contributed by atoms with Crippen LogP contribution in [0.2, 0.25) is 0 Å². The van der Waals surface area contributed by atoms with E-state index in [1.54, 1.807) is 6.07 Å². The number of ketones is 1. The van der Waals surface area contributed by atoms with Crippen molar-refractivity contribution in [3.05, 3.63) is 102 Å². The number of benzene rings is 3. The summed E-state index contributed by atoms with van der Waals surface area (Å²) in [6, 6.07) is 19.3. The van der Waals surface area contributed by atoms with Crippen molar-refractivity contribution >= 4 is 28.2 Å². The van der Waals surface area contributed by atoms with E-state index < -0.39 is 29.9 Å². The molecule has 0 aliphatic heterocycles. The average molecular weight is 449 g/mol. The third-order valence-corrected chi connectivity index (χ3v) is 5.08. The normalized spacial score (nSPS) is 11.4. The first kappa shape index (κ1) is 22.1. The molecular weight excluding hydrogens is 431 g/mol. The van der Waals surface area contributed by atoms with E-state index >= 15 is 0 Å². The number of carbonyl (C=O) groups is 2. The van der Waals surface area contributed by atoms with E-state index in [0.29, 0.717) is 5.56 Å². The number of aromatic nitrogens is 2. The highest BCUT2D eigenvalue weighted by Crippen LogP contribution is 2.37. The lowest BCUT2D eigenvalue weighted by atomic mass is 10.0. The molecule has 0 saturated carbocycles. The topological polar surface area (TPSA) is 63.2 Å². The Bertz CT molecular complexity index is 1310. The molecule has 0 unspecified atom stereocenters. The molecule has 1 amide bonds. The number of Topliss-reactive ketones (excluding diaryl/α,β-unsaturated/α-hetero) is 1. The van der Waals surface area contributed by atoms with Crippen LogP contribution in [0.1, 0.15) is 28.2 Å². The summed E-state index contributed by atoms with van der Waals surface area (Å²) in [6.07, 6.45) is -2.62. The van der Waals surface area contributed by atoms with Gasteiger partial charge in [0.05, 0.1) is 24.2 Å². The third kappa shape index (κ3) is 5.06. The number of amides is 1. The van der Waals surface area contributed by atoms with Gasteiger partial charge in [0.15, 0.2) is 5.82 Å². The summed E-state index contributed by atoms with van der Waals surface area (Å²) in [6.45, 7) is -0.139. The van der Waals surface area contributed by atoms with E-state index in [-0.39, 0.29) is 18.1 Å². The second-order valence-electron chi connectivity index (χ2n) is 7.35. The number of alkyl halides is 3. The molecule has 0 atom stereocenters. The van der Waals surface area contributed by atoms with Crippen LogP contribution in [-0.2, 0) is 17.5 Å². The summed E-state index contributed by atoms with van der Waals surface area (Å²) in [5.41, 5.74) is -0.644. The molecule has 4 aromatic rings. The number of hydrogen-bond donors (Lipinski definition) is 0. The van der Waals surface area contributed by atoms with Gasteiger partial charge < -0.3 is 4.90 Å². The van der Waals surface area contributed by atoms with Gasteiger partial charge in [-0.05, 0) is 40.6 Å². The predicted octanol–water partition coefficient (Wildman–Crippen LogP) is 5.45. The lowest BCUT2D eigenvalue weighted by Crippen LogP contribution is -2.34. The minimum absolute atomic E-state index is 0.139. The van der Waals surface area contributed by atoms with Gasteiger partial charge in [0, 0.05) is 12.4 Å². The fraction of sp³-hybridized carbons (Fsp3) is 0.120. The maximum absolute atomic E-state index is 13.7. The molecule has 0 spiro atoms. The highest BCUT2D eigenvalue weighted by molar-refractivity contribution is 6.10. The van der Waals surface area contributed by atoms with Crippen LogP contribution in [-0.4, -0.2) is 21.7 Å². The van der Waals surface area contributed by atoms with Gasteiger partial charge in [-0.1, -0.05) is 48.5 Å². The van der Waals surface area contributed by atoms with Crippen LogP contribution in [0.25, 0.3) is 10.8 Å². The summed E-state index contributed by atoms with van der Waals surface area (Å²) in [7, 11) is 0. The fourth-order valence-electron chi connectivity index (χ4n) is 3.53. The lowest BCUT2D eigenvalue weighted by Gasteiger charge is -2.26. The van der Waals surface area contributed by atoms with Crippen LogP contribution in [0.4, 0.5) is 18.9 Å². The van der Waals surface area contributed by atoms with E-state index in [1.807, 2.05) is 36.4 Å². The van der Waals surface area contributed by atoms with Gasteiger partial charge in [-0.2, -0.15) is 13.2 Å². The van der Waals surface area contributed by atoms with Crippen molar-refractivity contribution in [3.63, 3.8) is 0 Å². The summed E-state index contributed by atoms with van der Waals surface area (Å²) in [4.78, 5) is 34.3. The molecule has 166 valence electrons. The number of fused-ring (bicyclic) bond motifs is 1. The Labute approximate surface area is 187 Å². The van der Waals surface area contributed by atoms with E-state index in [1.165, 1.54) is 36.7 Å². The number of hydrogen-bond acceptors (Lipinski definition) is 4. The number of nitrogens with zero attached hydrogens (tertiary/aromatic N) is 3. The lowest BCUT2D eigenvalue weighted by molar-refractivity contribution is -0.137. The molecule has 0 radical (unpaired) electrons. The van der Waals surface area contributed by atoms with E-state index in [0.717, 1.165) is 21.7 Å². The van der Waals surface area contributed by atoms with Gasteiger partial charge in [0.1, 0.15) is 0 Å². The van der Waals surface area contributed by atoms with Crippen molar-refractivity contribution in [3.8, 4) is 0 Å². The van der Waals surface area contributed by atoms with Crippen LogP contribution in [0.3, 0.4) is 0 Å². The highest BCUT2D eigenvalue weighted by Gasteiger charge is 2.36. The largest absolute Gasteiger partial charge is 0.418 e. The minimum Gasteiger partial charge on any atom is -0.307 e. The van der Waals surface area contributed by atoms with Crippen LogP contribution < -0.4 is 4.90 Å². The van der Waals surface area contributed by atoms with Crippen LogP contribution in [0.15, 0.2) is 85.2 Å². The van der Waals surface area contributed by atoms with Crippen molar-refractivity contribution in [1.29, 1.82) is 0 Å². The molecule has 4 rings (SSSR count). The van der Waals surface area contributed by atoms with Crippen molar-refractivity contribution in [2.75, 3.05) is 4.90 Å². The molecule has 0 aliphatic carbocycles. The van der Waals surface area contributed by atoms with Gasteiger partial charge in [0.2, 0.25) is 11.7 Å². The summed E-state index contributed by atoms with van der Waals surface area (Å²) in [5, 5.41) is 1.85. The smallest absolute Gasteiger partial charge is 0.307 e. The first-order valence-electron chi connectivity index (χ1n) is 10.1. The SMILES string of the molecule is O=C(CC(=O)N(Cc1ccc2ccccc2c1)c1ccccc1C(F)(F)F)c1ncccn1. The minimum atomic E-state index is -4.68. The molecule has 3 aromatic carbocycles. The second kappa shape index (κ2) is 9.20. The number of anilines is 1. The third-order valence-electron chi connectivity index (χ3n) is 5.08. The number of rotatable bonds is 6. The molecule has 0 N–H and O–H groups in total. The number of halogens is 3. The van der Waals surface area contributed by atoms with Gasteiger partial charge in [-0.15, -0.1) is 0 Å². The van der Waals surface area contributed by atoms with E-state index in [2.05, 4.69) is 9.97 Å². The molecule has 0 saturated heterocycles. The van der Waals surface area contributed by atoms with Crippen molar-refractivity contribution in [2.45, 2.75) is 19.1 Å². The molecule has 0 bridgehead atoms. The highest BCUT2D eigenvalue weighted by atomic mass is 19.4. The van der Waals surface area contributed by atoms with Gasteiger partial charge in [-0.25, -0.2) is 9.97 Å². The maximum atomic E-state index is 13.7. The van der Waals surface area contributed by atoms with Crippen LogP contribution >= 0.6 is 0 Å². The molecule has 33 heavy (non-hydrogen) atoms. The Morgan fingerprint density at radius 3 is 2.21 bits per heavy atom. The van der Waals surface area contributed by atoms with Gasteiger partial charge in [-0.3, -0.25) is 9.59 Å². The first-order valence-corrected chi connectivity index (χ1v) is 10.1. The molecular formula is C25H18F3N3O2. The summed E-state index contributed by atoms with van der Waals surface area (Å²) < 4.78 is 41.2. The van der Waals surface area contributed by atoms with Crippen molar-refractivity contribution in [2.24, 2.45) is 0 Å². The van der Waals surface area contributed by atoms with Crippen molar-refractivity contribution in [1.82, 2.24) is 9.97 Å². The molecule has 0 aliphatic rings. The van der Waals surface area contributed by atoms with Crippen molar-refractivity contribution < 1.29 is 22.8 Å². The van der Waals surface area contributed by atoms with E-state index in [4.69, 9.17) is 0 Å². The zero-order valence-corrected chi connectivity index (χ0v) is 17.3. The quantitative estimate of drug-likeness (QED) is 0.290. The maximum Gasteiger partial charge on any atom is 0.418 e. The monoisotopic (exact) mass is 449 g/mol. The Kier molecular flexibility index (Phi) is 6.17. The summed E-state index contributed by atoms with van der Waals surface area (Å²) >= 11 is 0. The zero-order valence-electron chi connectivity index (χ0n) is 17.3. The predicted molar refractivity (Wildman–Crippen MR) is 118 cm³/mol. The molecule has 5 nitrogen and oxygen atoms in total. The Morgan fingerprint density at radius 1 is 0.818 bits per heavy atom. The van der Waals surface area contributed by atoms with Crippen LogP contribution in [0.5, 0.6) is 0 Å². The first-order chi connectivity index (χ1) is 15.8. The Hall–Kier alpha value is -4.07. The Morgan fingerprint density at radius 2 is 1.48 bits per heavy atom. The molecule has 0 fully saturated rings.